The summed E-state index contributed by atoms with van der Waals surface area (Å²) in [5, 5.41) is 13.7. The first-order chi connectivity index (χ1) is 10.3. The minimum Gasteiger partial charge on any atom is -0.508 e. The van der Waals surface area contributed by atoms with Gasteiger partial charge in [-0.2, -0.15) is 24.3 Å². The Labute approximate surface area is 153 Å². The van der Waals surface area contributed by atoms with E-state index in [4.69, 9.17) is 4.74 Å². The molecule has 0 saturated carbocycles. The molecular weight excluding hydrogens is 355 g/mol. The van der Waals surface area contributed by atoms with Gasteiger partial charge in [0.25, 0.3) is 0 Å². The Morgan fingerprint density at radius 1 is 1.32 bits per heavy atom. The van der Waals surface area contributed by atoms with Crippen LogP contribution in [0.25, 0.3) is 10.9 Å². The molecule has 1 heterocycles. The molecule has 0 amide bonds. The number of rotatable bonds is 4. The van der Waals surface area contributed by atoms with Crippen LogP contribution in [0.2, 0.25) is 0 Å². The number of ether oxygens (including phenoxy) is 1. The SMILES string of the molecule is CCOc1cc(O)cc2ncnc(Nc3c[c-]ccc3)c12.[Y]. The zero-order valence-electron chi connectivity index (χ0n) is 12.1. The maximum absolute atomic E-state index is 9.75. The normalized spacial score (nSPS) is 10.0. The number of fused-ring (bicyclic) bond motifs is 1. The summed E-state index contributed by atoms with van der Waals surface area (Å²) in [5.74, 6) is 1.29. The van der Waals surface area contributed by atoms with Crippen LogP contribution in [0.5, 0.6) is 11.5 Å². The van der Waals surface area contributed by atoms with Crippen LogP contribution < -0.4 is 10.1 Å². The minimum atomic E-state index is 0. The molecule has 5 nitrogen and oxygen atoms in total. The van der Waals surface area contributed by atoms with Crippen molar-refractivity contribution in [3.8, 4) is 11.5 Å². The van der Waals surface area contributed by atoms with Crippen LogP contribution in [-0.4, -0.2) is 21.7 Å². The molecular formula is C16H14N3O2Y-. The summed E-state index contributed by atoms with van der Waals surface area (Å²) in [6, 6.07) is 13.6. The third kappa shape index (κ3) is 3.54. The Morgan fingerprint density at radius 3 is 2.91 bits per heavy atom. The van der Waals surface area contributed by atoms with Gasteiger partial charge in [-0.25, -0.2) is 9.97 Å². The van der Waals surface area contributed by atoms with Crippen molar-refractivity contribution in [3.05, 3.63) is 48.8 Å². The number of aromatic hydroxyl groups is 1. The molecule has 3 rings (SSSR count). The quantitative estimate of drug-likeness (QED) is 0.691. The Balaban J connectivity index is 0.00000176. The molecule has 0 fully saturated rings. The average Bonchev–Trinajstić information content (AvgIpc) is 2.48. The van der Waals surface area contributed by atoms with Crippen molar-refractivity contribution >= 4 is 22.4 Å². The third-order valence-corrected chi connectivity index (χ3v) is 2.96. The second-order valence-electron chi connectivity index (χ2n) is 4.41. The monoisotopic (exact) mass is 369 g/mol. The maximum Gasteiger partial charge on any atom is 0.136 e. The minimum absolute atomic E-state index is 0. The van der Waals surface area contributed by atoms with E-state index in [0.717, 1.165) is 11.1 Å². The second kappa shape index (κ2) is 7.52. The topological polar surface area (TPSA) is 67.3 Å². The molecule has 22 heavy (non-hydrogen) atoms. The summed E-state index contributed by atoms with van der Waals surface area (Å²) in [5.41, 5.74) is 1.49. The van der Waals surface area contributed by atoms with Crippen LogP contribution in [0.4, 0.5) is 11.5 Å². The molecule has 0 aliphatic rings. The van der Waals surface area contributed by atoms with Gasteiger partial charge in [0.05, 0.1) is 17.5 Å². The number of benzene rings is 2. The first kappa shape index (κ1) is 16.7. The molecule has 6 heteroatoms. The van der Waals surface area contributed by atoms with E-state index in [1.807, 2.05) is 31.2 Å². The molecule has 0 unspecified atom stereocenters. The van der Waals surface area contributed by atoms with E-state index in [9.17, 15) is 5.11 Å². The fourth-order valence-corrected chi connectivity index (χ4v) is 2.11. The molecule has 2 aromatic carbocycles. The zero-order valence-corrected chi connectivity index (χ0v) is 14.9. The summed E-state index contributed by atoms with van der Waals surface area (Å²) < 4.78 is 5.59. The van der Waals surface area contributed by atoms with E-state index in [1.54, 1.807) is 12.1 Å². The molecule has 3 aromatic rings. The number of nitrogens with zero attached hydrogens (tertiary/aromatic N) is 2. The molecule has 0 aliphatic heterocycles. The Kier molecular flexibility index (Phi) is 5.69. The number of aromatic nitrogens is 2. The van der Waals surface area contributed by atoms with Gasteiger partial charge in [0.2, 0.25) is 0 Å². The first-order valence-corrected chi connectivity index (χ1v) is 6.61. The van der Waals surface area contributed by atoms with Crippen LogP contribution in [0.3, 0.4) is 0 Å². The number of hydrogen-bond donors (Lipinski definition) is 2. The van der Waals surface area contributed by atoms with Crippen molar-refractivity contribution in [2.75, 3.05) is 11.9 Å². The van der Waals surface area contributed by atoms with Gasteiger partial charge in [-0.3, -0.25) is 0 Å². The average molecular weight is 369 g/mol. The number of nitrogens with one attached hydrogen (secondary N) is 1. The summed E-state index contributed by atoms with van der Waals surface area (Å²) >= 11 is 0. The first-order valence-electron chi connectivity index (χ1n) is 6.61. The van der Waals surface area contributed by atoms with Crippen LogP contribution in [-0.2, 0) is 32.7 Å². The van der Waals surface area contributed by atoms with Crippen LogP contribution in [0.15, 0.2) is 42.7 Å². The van der Waals surface area contributed by atoms with E-state index in [2.05, 4.69) is 21.4 Å². The van der Waals surface area contributed by atoms with E-state index < -0.39 is 0 Å². The molecule has 0 saturated heterocycles. The van der Waals surface area contributed by atoms with Crippen LogP contribution >= 0.6 is 0 Å². The predicted molar refractivity (Wildman–Crippen MR) is 80.9 cm³/mol. The van der Waals surface area contributed by atoms with E-state index in [1.165, 1.54) is 6.33 Å². The maximum atomic E-state index is 9.75. The zero-order chi connectivity index (χ0) is 14.7. The van der Waals surface area contributed by atoms with Gasteiger partial charge in [-0.15, -0.1) is 6.07 Å². The molecule has 0 bridgehead atoms. The molecule has 1 aromatic heterocycles. The molecule has 109 valence electrons. The fourth-order valence-electron chi connectivity index (χ4n) is 2.11. The largest absolute Gasteiger partial charge is 0.508 e. The summed E-state index contributed by atoms with van der Waals surface area (Å²) in [6.45, 7) is 2.38. The molecule has 0 aliphatic carbocycles. The van der Waals surface area contributed by atoms with Crippen molar-refractivity contribution in [1.29, 1.82) is 0 Å². The molecule has 1 radical (unpaired) electrons. The van der Waals surface area contributed by atoms with E-state index in [0.29, 0.717) is 23.7 Å². The van der Waals surface area contributed by atoms with Crippen LogP contribution in [0.1, 0.15) is 6.92 Å². The molecule has 0 atom stereocenters. The third-order valence-electron chi connectivity index (χ3n) is 2.96. The van der Waals surface area contributed by atoms with Crippen molar-refractivity contribution in [2.24, 2.45) is 0 Å². The summed E-state index contributed by atoms with van der Waals surface area (Å²) in [7, 11) is 0. The van der Waals surface area contributed by atoms with Gasteiger partial charge >= 0.3 is 0 Å². The van der Waals surface area contributed by atoms with Crippen molar-refractivity contribution in [3.63, 3.8) is 0 Å². The van der Waals surface area contributed by atoms with Gasteiger partial charge in [0, 0.05) is 44.8 Å². The van der Waals surface area contributed by atoms with Crippen molar-refractivity contribution in [2.45, 2.75) is 6.92 Å². The van der Waals surface area contributed by atoms with Crippen molar-refractivity contribution < 1.29 is 42.6 Å². The van der Waals surface area contributed by atoms with Crippen LogP contribution in [0, 0.1) is 6.07 Å². The summed E-state index contributed by atoms with van der Waals surface area (Å²) in [4.78, 5) is 8.47. The standard InChI is InChI=1S/C16H14N3O2.Y/c1-2-21-14-9-12(20)8-13-15(14)16(18-10-17-13)19-11-6-4-3-5-7-11;/h3-4,6-10,20H,2H2,1H3,(H,17,18,19);/q-1;. The van der Waals surface area contributed by atoms with Gasteiger partial charge in [0.1, 0.15) is 23.6 Å². The van der Waals surface area contributed by atoms with E-state index >= 15 is 0 Å². The number of anilines is 2. The predicted octanol–water partition coefficient (Wildman–Crippen LogP) is 3.28. The number of hydrogen-bond acceptors (Lipinski definition) is 5. The summed E-state index contributed by atoms with van der Waals surface area (Å²) in [6.07, 6.45) is 1.45. The Bertz CT molecular complexity index is 766. The van der Waals surface area contributed by atoms with Gasteiger partial charge in [-0.1, -0.05) is 5.69 Å². The Morgan fingerprint density at radius 2 is 2.18 bits per heavy atom. The second-order valence-corrected chi connectivity index (χ2v) is 4.41. The fraction of sp³-hybridized carbons (Fsp3) is 0.125. The van der Waals surface area contributed by atoms with Crippen molar-refractivity contribution in [1.82, 2.24) is 9.97 Å². The van der Waals surface area contributed by atoms with Gasteiger partial charge in [0.15, 0.2) is 0 Å². The van der Waals surface area contributed by atoms with E-state index in [-0.39, 0.29) is 38.5 Å². The Hall–Kier alpha value is -1.72. The smallest absolute Gasteiger partial charge is 0.136 e. The molecule has 2 N–H and O–H groups in total. The number of phenols is 1. The number of phenolic OH excluding ortho intramolecular Hbond substituents is 1. The molecule has 0 spiro atoms. The van der Waals surface area contributed by atoms with Gasteiger partial charge < -0.3 is 15.2 Å². The van der Waals surface area contributed by atoms with Gasteiger partial charge in [-0.05, 0) is 6.92 Å².